The van der Waals surface area contributed by atoms with E-state index < -0.39 is 18.0 Å². The molecule has 1 atom stereocenters. The zero-order chi connectivity index (χ0) is 15.0. The lowest BCUT2D eigenvalue weighted by molar-refractivity contribution is -0.139. The summed E-state index contributed by atoms with van der Waals surface area (Å²) in [6, 6.07) is 3.86. The van der Waals surface area contributed by atoms with Crippen molar-refractivity contribution in [3.05, 3.63) is 23.2 Å². The molecular formula is C13H12ClN3O3S. The Balaban J connectivity index is 1.69. The molecule has 1 aromatic carbocycles. The second-order valence-electron chi connectivity index (χ2n) is 4.88. The van der Waals surface area contributed by atoms with Gasteiger partial charge < -0.3 is 10.4 Å². The second kappa shape index (κ2) is 5.50. The van der Waals surface area contributed by atoms with E-state index in [2.05, 4.69) is 15.6 Å². The first-order valence-electron chi connectivity index (χ1n) is 6.39. The number of urea groups is 1. The van der Waals surface area contributed by atoms with Crippen LogP contribution in [-0.2, 0) is 4.79 Å². The van der Waals surface area contributed by atoms with Gasteiger partial charge in [-0.1, -0.05) is 22.9 Å². The standard InChI is InChI=1S/C13H12ClN3O3S/c14-7-3-4-8-9(5-7)21-13(15-8)17-12(20)16-10(11(18)19)6-1-2-6/h3-6,10H,1-2H2,(H,18,19)(H2,15,16,17,20). The van der Waals surface area contributed by atoms with Gasteiger partial charge in [0.2, 0.25) is 0 Å². The molecule has 0 bridgehead atoms. The van der Waals surface area contributed by atoms with E-state index in [0.717, 1.165) is 23.1 Å². The number of hydrogen-bond donors (Lipinski definition) is 3. The number of carbonyl (C=O) groups is 2. The molecule has 0 radical (unpaired) electrons. The van der Waals surface area contributed by atoms with E-state index >= 15 is 0 Å². The van der Waals surface area contributed by atoms with Crippen molar-refractivity contribution in [2.24, 2.45) is 5.92 Å². The average Bonchev–Trinajstić information content (AvgIpc) is 3.16. The summed E-state index contributed by atoms with van der Waals surface area (Å²) in [6.07, 6.45) is 1.66. The molecule has 2 aromatic rings. The van der Waals surface area contributed by atoms with Crippen molar-refractivity contribution in [2.45, 2.75) is 18.9 Å². The summed E-state index contributed by atoms with van der Waals surface area (Å²) in [5, 5.41) is 15.1. The quantitative estimate of drug-likeness (QED) is 0.806. The summed E-state index contributed by atoms with van der Waals surface area (Å²) < 4.78 is 0.856. The van der Waals surface area contributed by atoms with Gasteiger partial charge in [-0.05, 0) is 37.0 Å². The summed E-state index contributed by atoms with van der Waals surface area (Å²) in [6.45, 7) is 0. The highest BCUT2D eigenvalue weighted by atomic mass is 35.5. The molecule has 1 saturated carbocycles. The number of carboxylic acid groups (broad SMARTS) is 1. The van der Waals surface area contributed by atoms with Crippen LogP contribution in [0.4, 0.5) is 9.93 Å². The topological polar surface area (TPSA) is 91.3 Å². The van der Waals surface area contributed by atoms with Crippen molar-refractivity contribution in [3.8, 4) is 0 Å². The fraction of sp³-hybridized carbons (Fsp3) is 0.308. The maximum atomic E-state index is 11.9. The molecule has 0 saturated heterocycles. The molecule has 1 unspecified atom stereocenters. The van der Waals surface area contributed by atoms with Crippen molar-refractivity contribution in [1.29, 1.82) is 0 Å². The van der Waals surface area contributed by atoms with Gasteiger partial charge in [0, 0.05) is 5.02 Å². The number of hydrogen-bond acceptors (Lipinski definition) is 4. The largest absolute Gasteiger partial charge is 0.480 e. The van der Waals surface area contributed by atoms with Gasteiger partial charge in [-0.15, -0.1) is 0 Å². The molecule has 8 heteroatoms. The first kappa shape index (κ1) is 14.1. The predicted molar refractivity (Wildman–Crippen MR) is 80.9 cm³/mol. The third kappa shape index (κ3) is 3.25. The van der Waals surface area contributed by atoms with Crippen LogP contribution in [0.5, 0.6) is 0 Å². The van der Waals surface area contributed by atoms with Crippen LogP contribution in [0.3, 0.4) is 0 Å². The van der Waals surface area contributed by atoms with Crippen molar-refractivity contribution < 1.29 is 14.7 Å². The molecule has 6 nitrogen and oxygen atoms in total. The van der Waals surface area contributed by atoms with E-state index in [1.54, 1.807) is 18.2 Å². The average molecular weight is 326 g/mol. The maximum absolute atomic E-state index is 11.9. The Morgan fingerprint density at radius 2 is 2.19 bits per heavy atom. The zero-order valence-corrected chi connectivity index (χ0v) is 12.4. The fourth-order valence-corrected chi connectivity index (χ4v) is 3.17. The number of amides is 2. The molecule has 1 aliphatic rings. The summed E-state index contributed by atoms with van der Waals surface area (Å²) in [5.74, 6) is -0.980. The fourth-order valence-electron chi connectivity index (χ4n) is 2.04. The predicted octanol–water partition coefficient (Wildman–Crippen LogP) is 2.93. The van der Waals surface area contributed by atoms with Gasteiger partial charge in [0.05, 0.1) is 10.2 Å². The minimum absolute atomic E-state index is 0.0300. The number of rotatable bonds is 4. The lowest BCUT2D eigenvalue weighted by atomic mass is 10.2. The Kier molecular flexibility index (Phi) is 3.69. The van der Waals surface area contributed by atoms with E-state index in [1.807, 2.05) is 0 Å². The van der Waals surface area contributed by atoms with Crippen LogP contribution < -0.4 is 10.6 Å². The molecular weight excluding hydrogens is 314 g/mol. The van der Waals surface area contributed by atoms with E-state index in [9.17, 15) is 9.59 Å². The van der Waals surface area contributed by atoms with Crippen molar-refractivity contribution in [1.82, 2.24) is 10.3 Å². The van der Waals surface area contributed by atoms with Crippen molar-refractivity contribution >= 4 is 50.3 Å². The Morgan fingerprint density at radius 1 is 1.43 bits per heavy atom. The van der Waals surface area contributed by atoms with Gasteiger partial charge in [-0.3, -0.25) is 5.32 Å². The number of fused-ring (bicyclic) bond motifs is 1. The summed E-state index contributed by atoms with van der Waals surface area (Å²) >= 11 is 7.18. The third-order valence-corrected chi connectivity index (χ3v) is 4.39. The number of aliphatic carboxylic acids is 1. The Bertz CT molecular complexity index is 714. The number of nitrogens with zero attached hydrogens (tertiary/aromatic N) is 1. The van der Waals surface area contributed by atoms with Gasteiger partial charge in [-0.2, -0.15) is 0 Å². The van der Waals surface area contributed by atoms with Crippen LogP contribution in [0.2, 0.25) is 5.02 Å². The highest BCUT2D eigenvalue weighted by Crippen LogP contribution is 2.33. The zero-order valence-electron chi connectivity index (χ0n) is 10.8. The molecule has 3 rings (SSSR count). The Hall–Kier alpha value is -1.86. The van der Waals surface area contributed by atoms with Crippen LogP contribution in [0.15, 0.2) is 18.2 Å². The third-order valence-electron chi connectivity index (χ3n) is 3.22. The number of thiazole rings is 1. The van der Waals surface area contributed by atoms with Crippen LogP contribution in [0.1, 0.15) is 12.8 Å². The van der Waals surface area contributed by atoms with Gasteiger partial charge >= 0.3 is 12.0 Å². The maximum Gasteiger partial charge on any atom is 0.326 e. The highest BCUT2D eigenvalue weighted by molar-refractivity contribution is 7.22. The molecule has 21 heavy (non-hydrogen) atoms. The first-order valence-corrected chi connectivity index (χ1v) is 7.59. The summed E-state index contributed by atoms with van der Waals surface area (Å²) in [7, 11) is 0. The number of halogens is 1. The van der Waals surface area contributed by atoms with E-state index in [-0.39, 0.29) is 5.92 Å². The summed E-state index contributed by atoms with van der Waals surface area (Å²) in [5.41, 5.74) is 0.733. The van der Waals surface area contributed by atoms with E-state index in [4.69, 9.17) is 16.7 Å². The monoisotopic (exact) mass is 325 g/mol. The van der Waals surface area contributed by atoms with E-state index in [1.165, 1.54) is 11.3 Å². The SMILES string of the molecule is O=C(Nc1nc2ccc(Cl)cc2s1)NC(C(=O)O)C1CC1. The number of carbonyl (C=O) groups excluding carboxylic acids is 1. The highest BCUT2D eigenvalue weighted by Gasteiger charge is 2.37. The minimum atomic E-state index is -1.01. The lowest BCUT2D eigenvalue weighted by Gasteiger charge is -2.13. The van der Waals surface area contributed by atoms with Crippen LogP contribution in [0.25, 0.3) is 10.2 Å². The molecule has 3 N–H and O–H groups in total. The molecule has 1 fully saturated rings. The number of nitrogens with one attached hydrogen (secondary N) is 2. The first-order chi connectivity index (χ1) is 10.0. The summed E-state index contributed by atoms with van der Waals surface area (Å²) in [4.78, 5) is 27.2. The molecule has 0 aliphatic heterocycles. The van der Waals surface area contributed by atoms with E-state index in [0.29, 0.717) is 10.2 Å². The smallest absolute Gasteiger partial charge is 0.326 e. The molecule has 110 valence electrons. The van der Waals surface area contributed by atoms with Crippen molar-refractivity contribution in [3.63, 3.8) is 0 Å². The molecule has 1 heterocycles. The normalized spacial score (nSPS) is 15.7. The van der Waals surface area contributed by atoms with Crippen LogP contribution in [-0.4, -0.2) is 28.1 Å². The van der Waals surface area contributed by atoms with Crippen LogP contribution >= 0.6 is 22.9 Å². The van der Waals surface area contributed by atoms with Crippen LogP contribution in [0, 0.1) is 5.92 Å². The second-order valence-corrected chi connectivity index (χ2v) is 6.35. The minimum Gasteiger partial charge on any atom is -0.480 e. The Morgan fingerprint density at radius 3 is 2.86 bits per heavy atom. The number of carboxylic acids is 1. The van der Waals surface area contributed by atoms with Gasteiger partial charge in [0.1, 0.15) is 6.04 Å². The van der Waals surface area contributed by atoms with Gasteiger partial charge in [0.15, 0.2) is 5.13 Å². The van der Waals surface area contributed by atoms with Gasteiger partial charge in [0.25, 0.3) is 0 Å². The molecule has 0 spiro atoms. The molecule has 2 amide bonds. The van der Waals surface area contributed by atoms with Gasteiger partial charge in [-0.25, -0.2) is 14.6 Å². The number of anilines is 1. The molecule has 1 aliphatic carbocycles. The number of aromatic nitrogens is 1. The Labute approximate surface area is 129 Å². The lowest BCUT2D eigenvalue weighted by Crippen LogP contribution is -2.44. The molecule has 1 aromatic heterocycles. The number of benzene rings is 1. The van der Waals surface area contributed by atoms with Crippen molar-refractivity contribution in [2.75, 3.05) is 5.32 Å².